The minimum Gasteiger partial charge on any atom is -0.0693 e. The first kappa shape index (κ1) is 6.90. The van der Waals surface area contributed by atoms with Gasteiger partial charge in [-0.25, -0.2) is 0 Å². The normalized spacial score (nSPS) is 45.3. The van der Waals surface area contributed by atoms with Crippen LogP contribution in [-0.4, -0.2) is 8.07 Å². The summed E-state index contributed by atoms with van der Waals surface area (Å²) in [6, 6.07) is 0. The van der Waals surface area contributed by atoms with Crippen molar-refractivity contribution < 1.29 is 0 Å². The van der Waals surface area contributed by atoms with Gasteiger partial charge in [0.15, 0.2) is 0 Å². The van der Waals surface area contributed by atoms with E-state index in [-0.39, 0.29) is 0 Å². The van der Waals surface area contributed by atoms with Gasteiger partial charge in [-0.1, -0.05) is 38.9 Å². The molecule has 0 nitrogen and oxygen atoms in total. The van der Waals surface area contributed by atoms with Crippen LogP contribution in [0.1, 0.15) is 19.3 Å². The Bertz CT molecular complexity index is 135. The summed E-state index contributed by atoms with van der Waals surface area (Å²) in [6.07, 6.45) is 4.68. The van der Waals surface area contributed by atoms with Crippen LogP contribution in [0.25, 0.3) is 0 Å². The van der Waals surface area contributed by atoms with Crippen LogP contribution >= 0.6 is 0 Å². The molecule has 0 aliphatic heterocycles. The van der Waals surface area contributed by atoms with Crippen LogP contribution in [0.15, 0.2) is 0 Å². The molecule has 0 saturated heterocycles. The summed E-state index contributed by atoms with van der Waals surface area (Å²) in [5.74, 6) is 2.40. The monoisotopic (exact) mass is 154 g/mol. The van der Waals surface area contributed by atoms with Gasteiger partial charge < -0.3 is 0 Å². The van der Waals surface area contributed by atoms with Crippen LogP contribution in [0, 0.1) is 11.8 Å². The van der Waals surface area contributed by atoms with Gasteiger partial charge in [0, 0.05) is 8.07 Å². The summed E-state index contributed by atoms with van der Waals surface area (Å²) in [5, 5.41) is 0. The van der Waals surface area contributed by atoms with Crippen LogP contribution in [0.3, 0.4) is 0 Å². The van der Waals surface area contributed by atoms with Crippen molar-refractivity contribution in [1.29, 1.82) is 0 Å². The molecule has 0 amide bonds. The van der Waals surface area contributed by atoms with Crippen molar-refractivity contribution in [1.82, 2.24) is 0 Å². The summed E-state index contributed by atoms with van der Waals surface area (Å²) in [4.78, 5) is 0. The van der Waals surface area contributed by atoms with E-state index < -0.39 is 8.07 Å². The van der Waals surface area contributed by atoms with E-state index in [1.54, 1.807) is 12.8 Å². The fourth-order valence-electron chi connectivity index (χ4n) is 3.11. The summed E-state index contributed by atoms with van der Waals surface area (Å²) >= 11 is 0. The van der Waals surface area contributed by atoms with Crippen molar-refractivity contribution in [2.75, 3.05) is 0 Å². The first-order valence-electron chi connectivity index (χ1n) is 4.61. The number of hydrogen-bond acceptors (Lipinski definition) is 0. The van der Waals surface area contributed by atoms with E-state index in [4.69, 9.17) is 0 Å². The standard InChI is InChI=1S/C9H18Si/c1-10(2,3)9-7-5-4-6-8(7)9/h7-9H,4-6H2,1-3H3. The summed E-state index contributed by atoms with van der Waals surface area (Å²) in [6.45, 7) is 7.61. The molecule has 10 heavy (non-hydrogen) atoms. The average Bonchev–Trinajstić information content (AvgIpc) is 2.30. The number of hydrogen-bond donors (Lipinski definition) is 0. The second-order valence-electron chi connectivity index (χ2n) is 5.15. The minimum absolute atomic E-state index is 0.719. The third kappa shape index (κ3) is 0.867. The first-order valence-corrected chi connectivity index (χ1v) is 8.18. The second kappa shape index (κ2) is 1.88. The maximum Gasteiger partial charge on any atom is 0.0479 e. The van der Waals surface area contributed by atoms with Crippen molar-refractivity contribution >= 4 is 8.07 Å². The number of rotatable bonds is 1. The van der Waals surface area contributed by atoms with E-state index in [9.17, 15) is 0 Å². The molecule has 2 fully saturated rings. The quantitative estimate of drug-likeness (QED) is 0.509. The predicted molar refractivity (Wildman–Crippen MR) is 47.9 cm³/mol. The van der Waals surface area contributed by atoms with Crippen molar-refractivity contribution in [2.24, 2.45) is 11.8 Å². The molecule has 0 bridgehead atoms. The van der Waals surface area contributed by atoms with Gasteiger partial charge in [0.1, 0.15) is 0 Å². The van der Waals surface area contributed by atoms with E-state index in [1.165, 1.54) is 23.8 Å². The SMILES string of the molecule is C[Si](C)(C)C1C2CCCC21. The fraction of sp³-hybridized carbons (Fsp3) is 1.00. The maximum atomic E-state index is 2.54. The molecule has 0 aromatic carbocycles. The average molecular weight is 154 g/mol. The van der Waals surface area contributed by atoms with Crippen molar-refractivity contribution in [2.45, 2.75) is 44.4 Å². The fourth-order valence-corrected chi connectivity index (χ4v) is 6.39. The summed E-state index contributed by atoms with van der Waals surface area (Å²) < 4.78 is 0. The Morgan fingerprint density at radius 1 is 1.00 bits per heavy atom. The van der Waals surface area contributed by atoms with Gasteiger partial charge in [0.25, 0.3) is 0 Å². The highest BCUT2D eigenvalue weighted by Crippen LogP contribution is 2.65. The van der Waals surface area contributed by atoms with Crippen LogP contribution < -0.4 is 0 Å². The van der Waals surface area contributed by atoms with E-state index in [2.05, 4.69) is 19.6 Å². The third-order valence-electron chi connectivity index (χ3n) is 3.41. The minimum atomic E-state index is -0.719. The molecule has 58 valence electrons. The Morgan fingerprint density at radius 2 is 1.50 bits per heavy atom. The van der Waals surface area contributed by atoms with Gasteiger partial charge in [0.2, 0.25) is 0 Å². The second-order valence-corrected chi connectivity index (χ2v) is 10.5. The lowest BCUT2D eigenvalue weighted by atomic mass is 10.2. The zero-order valence-electron chi connectivity index (χ0n) is 7.35. The first-order chi connectivity index (χ1) is 4.61. The van der Waals surface area contributed by atoms with Crippen molar-refractivity contribution in [3.05, 3.63) is 0 Å². The van der Waals surface area contributed by atoms with Gasteiger partial charge in [0.05, 0.1) is 0 Å². The smallest absolute Gasteiger partial charge is 0.0479 e. The molecule has 2 aliphatic rings. The Kier molecular flexibility index (Phi) is 1.29. The zero-order chi connectivity index (χ0) is 7.35. The largest absolute Gasteiger partial charge is 0.0693 e. The molecule has 0 N–H and O–H groups in total. The van der Waals surface area contributed by atoms with Gasteiger partial charge in [-0.05, 0) is 17.4 Å². The molecule has 0 heterocycles. The maximum absolute atomic E-state index is 2.54. The van der Waals surface area contributed by atoms with Crippen molar-refractivity contribution in [3.63, 3.8) is 0 Å². The molecule has 2 rings (SSSR count). The third-order valence-corrected chi connectivity index (χ3v) is 6.26. The highest BCUT2D eigenvalue weighted by atomic mass is 28.3. The van der Waals surface area contributed by atoms with Crippen molar-refractivity contribution in [3.8, 4) is 0 Å². The molecule has 2 unspecified atom stereocenters. The Balaban J connectivity index is 2.01. The lowest BCUT2D eigenvalue weighted by Crippen LogP contribution is -2.22. The Hall–Kier alpha value is 0.217. The molecule has 2 atom stereocenters. The molecule has 0 radical (unpaired) electrons. The molecule has 0 spiro atoms. The van der Waals surface area contributed by atoms with Gasteiger partial charge in [-0.15, -0.1) is 0 Å². The highest BCUT2D eigenvalue weighted by Gasteiger charge is 2.57. The van der Waals surface area contributed by atoms with E-state index in [0.717, 1.165) is 0 Å². The number of fused-ring (bicyclic) bond motifs is 1. The van der Waals surface area contributed by atoms with E-state index in [0.29, 0.717) is 0 Å². The Labute approximate surface area is 65.0 Å². The van der Waals surface area contributed by atoms with Crippen LogP contribution in [-0.2, 0) is 0 Å². The molecule has 1 heteroatoms. The molecule has 2 aliphatic carbocycles. The zero-order valence-corrected chi connectivity index (χ0v) is 8.35. The topological polar surface area (TPSA) is 0 Å². The molecule has 0 aromatic rings. The van der Waals surface area contributed by atoms with Crippen LogP contribution in [0.5, 0.6) is 0 Å². The molecular formula is C9H18Si. The van der Waals surface area contributed by atoms with Gasteiger partial charge in [-0.2, -0.15) is 0 Å². The molecule has 2 saturated carbocycles. The summed E-state index contributed by atoms with van der Waals surface area (Å²) in [7, 11) is -0.719. The Morgan fingerprint density at radius 3 is 1.80 bits per heavy atom. The van der Waals surface area contributed by atoms with E-state index >= 15 is 0 Å². The van der Waals surface area contributed by atoms with E-state index in [1.807, 2.05) is 0 Å². The lowest BCUT2D eigenvalue weighted by Gasteiger charge is -2.17. The lowest BCUT2D eigenvalue weighted by molar-refractivity contribution is 0.724. The highest BCUT2D eigenvalue weighted by molar-refractivity contribution is 6.78. The van der Waals surface area contributed by atoms with Crippen LogP contribution in [0.2, 0.25) is 25.2 Å². The molecular weight excluding hydrogens is 136 g/mol. The van der Waals surface area contributed by atoms with Crippen LogP contribution in [0.4, 0.5) is 0 Å². The summed E-state index contributed by atoms with van der Waals surface area (Å²) in [5.41, 5.74) is 1.22. The molecule has 0 aromatic heterocycles. The van der Waals surface area contributed by atoms with Gasteiger partial charge in [-0.3, -0.25) is 0 Å². The van der Waals surface area contributed by atoms with Gasteiger partial charge >= 0.3 is 0 Å². The predicted octanol–water partition coefficient (Wildman–Crippen LogP) is 3.12.